The van der Waals surface area contributed by atoms with Gasteiger partial charge in [0.15, 0.2) is 0 Å². The number of nitrogens with zero attached hydrogens (tertiary/aromatic N) is 4. The van der Waals surface area contributed by atoms with Gasteiger partial charge >= 0.3 is 0 Å². The molecule has 1 saturated carbocycles. The predicted molar refractivity (Wildman–Crippen MR) is 126 cm³/mol. The molecule has 0 spiro atoms. The summed E-state index contributed by atoms with van der Waals surface area (Å²) < 4.78 is 7.76. The van der Waals surface area contributed by atoms with Crippen molar-refractivity contribution in [1.82, 2.24) is 20.0 Å². The number of nitriles is 1. The normalized spacial score (nSPS) is 13.3. The largest absolute Gasteiger partial charge is 0.489 e. The van der Waals surface area contributed by atoms with Gasteiger partial charge in [-0.3, -0.25) is 9.48 Å². The van der Waals surface area contributed by atoms with E-state index in [9.17, 15) is 10.1 Å². The van der Waals surface area contributed by atoms with Crippen molar-refractivity contribution >= 4 is 22.4 Å². The van der Waals surface area contributed by atoms with Crippen LogP contribution in [0.2, 0.25) is 5.02 Å². The van der Waals surface area contributed by atoms with Gasteiger partial charge in [-0.2, -0.15) is 15.5 Å². The Morgan fingerprint density at radius 3 is 2.79 bits per heavy atom. The molecule has 5 rings (SSSR count). The van der Waals surface area contributed by atoms with Gasteiger partial charge in [-0.05, 0) is 55.2 Å². The summed E-state index contributed by atoms with van der Waals surface area (Å²) in [6.45, 7) is 2.12. The fourth-order valence-corrected chi connectivity index (χ4v) is 4.40. The molecule has 2 aromatic heterocycles. The van der Waals surface area contributed by atoms with Crippen LogP contribution < -0.4 is 16.0 Å². The van der Waals surface area contributed by atoms with E-state index in [1.807, 2.05) is 32.2 Å². The third-order valence-corrected chi connectivity index (χ3v) is 6.09. The Kier molecular flexibility index (Phi) is 5.16. The second-order valence-corrected chi connectivity index (χ2v) is 8.64. The van der Waals surface area contributed by atoms with E-state index in [1.54, 1.807) is 16.9 Å². The Balaban J connectivity index is 1.76. The Morgan fingerprint density at radius 1 is 1.30 bits per heavy atom. The summed E-state index contributed by atoms with van der Waals surface area (Å²) in [5.41, 5.74) is 10.4. The van der Waals surface area contributed by atoms with Crippen LogP contribution in [0.4, 0.5) is 0 Å². The van der Waals surface area contributed by atoms with Crippen molar-refractivity contribution in [3.8, 4) is 34.2 Å². The molecule has 0 atom stereocenters. The average Bonchev–Trinajstić information content (AvgIpc) is 3.51. The number of nitrogens with one attached hydrogen (secondary N) is 1. The first-order valence-electron chi connectivity index (χ1n) is 10.6. The molecule has 1 fully saturated rings. The van der Waals surface area contributed by atoms with Gasteiger partial charge in [0.05, 0.1) is 34.1 Å². The summed E-state index contributed by atoms with van der Waals surface area (Å²) in [7, 11) is 1.82. The monoisotopic (exact) mass is 460 g/mol. The first kappa shape index (κ1) is 21.2. The maximum absolute atomic E-state index is 12.3. The Bertz CT molecular complexity index is 1510. The zero-order valence-corrected chi connectivity index (χ0v) is 18.9. The van der Waals surface area contributed by atoms with Crippen LogP contribution in [-0.2, 0) is 13.6 Å². The van der Waals surface area contributed by atoms with Gasteiger partial charge < -0.3 is 10.5 Å². The lowest BCUT2D eigenvalue weighted by Crippen LogP contribution is -2.13. The van der Waals surface area contributed by atoms with Gasteiger partial charge in [0, 0.05) is 30.1 Å². The number of H-pyrrole nitrogens is 1. The topological polar surface area (TPSA) is 123 Å². The molecule has 0 unspecified atom stereocenters. The fourth-order valence-electron chi connectivity index (χ4n) is 4.09. The minimum Gasteiger partial charge on any atom is -0.489 e. The highest BCUT2D eigenvalue weighted by Crippen LogP contribution is 2.40. The maximum Gasteiger partial charge on any atom is 0.273 e. The SMILES string of the molecule is Cc1cc(OC2CC2)c(C#N)c(-c2c(-c3cc(Cl)c4c(=O)[nH]nc(CN)c4c3)cnn2C)c1. The molecular formula is C24H21ClN6O2. The van der Waals surface area contributed by atoms with Crippen LogP contribution in [0, 0.1) is 18.3 Å². The Labute approximate surface area is 194 Å². The lowest BCUT2D eigenvalue weighted by molar-refractivity contribution is 0.302. The van der Waals surface area contributed by atoms with Crippen LogP contribution in [0.3, 0.4) is 0 Å². The molecule has 0 aliphatic heterocycles. The molecule has 0 saturated heterocycles. The number of hydrogen-bond acceptors (Lipinski definition) is 6. The second-order valence-electron chi connectivity index (χ2n) is 8.23. The number of halogens is 1. The minimum atomic E-state index is -0.377. The summed E-state index contributed by atoms with van der Waals surface area (Å²) >= 11 is 6.54. The summed E-state index contributed by atoms with van der Waals surface area (Å²) in [6, 6.07) is 9.74. The molecule has 2 heterocycles. The van der Waals surface area contributed by atoms with Crippen molar-refractivity contribution in [1.29, 1.82) is 5.26 Å². The average molecular weight is 461 g/mol. The number of fused-ring (bicyclic) bond motifs is 1. The number of hydrogen-bond donors (Lipinski definition) is 2. The van der Waals surface area contributed by atoms with Crippen LogP contribution in [0.15, 0.2) is 35.3 Å². The predicted octanol–water partition coefficient (Wildman–Crippen LogP) is 3.82. The van der Waals surface area contributed by atoms with Crippen molar-refractivity contribution in [2.24, 2.45) is 12.8 Å². The molecule has 8 nitrogen and oxygen atoms in total. The van der Waals surface area contributed by atoms with E-state index in [-0.39, 0.29) is 23.2 Å². The summed E-state index contributed by atoms with van der Waals surface area (Å²) in [5, 5.41) is 22.2. The number of aromatic amines is 1. The number of rotatable bonds is 5. The van der Waals surface area contributed by atoms with E-state index in [0.29, 0.717) is 27.8 Å². The van der Waals surface area contributed by atoms with Crippen LogP contribution in [0.1, 0.15) is 29.7 Å². The maximum atomic E-state index is 12.3. The number of aryl methyl sites for hydroxylation is 2. The standard InChI is InChI=1S/C24H21ClN6O2/c1-12-5-15(17(9-26)21(6-12)33-14-3-4-14)23-18(11-28-31(23)2)13-7-16-20(10-27)29-30-24(32)22(16)19(25)8-13/h5-8,11,14H,3-4,10,27H2,1-2H3,(H,30,32). The minimum absolute atomic E-state index is 0.144. The molecule has 2 aromatic carbocycles. The second kappa shape index (κ2) is 8.03. The third-order valence-electron chi connectivity index (χ3n) is 5.80. The molecule has 1 aliphatic rings. The first-order chi connectivity index (χ1) is 15.9. The molecule has 0 radical (unpaired) electrons. The molecule has 3 N–H and O–H groups in total. The zero-order chi connectivity index (χ0) is 23.3. The van der Waals surface area contributed by atoms with Gasteiger partial charge in [0.1, 0.15) is 17.4 Å². The highest BCUT2D eigenvalue weighted by atomic mass is 35.5. The van der Waals surface area contributed by atoms with E-state index < -0.39 is 0 Å². The summed E-state index contributed by atoms with van der Waals surface area (Å²) in [6.07, 6.45) is 3.88. The van der Waals surface area contributed by atoms with E-state index in [4.69, 9.17) is 22.1 Å². The molecule has 9 heteroatoms. The van der Waals surface area contributed by atoms with Gasteiger partial charge in [-0.15, -0.1) is 0 Å². The lowest BCUT2D eigenvalue weighted by atomic mass is 9.94. The van der Waals surface area contributed by atoms with Crippen molar-refractivity contribution < 1.29 is 4.74 Å². The summed E-state index contributed by atoms with van der Waals surface area (Å²) in [5.74, 6) is 0.583. The smallest absolute Gasteiger partial charge is 0.273 e. The van der Waals surface area contributed by atoms with Crippen LogP contribution >= 0.6 is 11.6 Å². The van der Waals surface area contributed by atoms with Gasteiger partial charge in [0.25, 0.3) is 5.56 Å². The van der Waals surface area contributed by atoms with Gasteiger partial charge in [0.2, 0.25) is 0 Å². The van der Waals surface area contributed by atoms with E-state index in [2.05, 4.69) is 21.4 Å². The van der Waals surface area contributed by atoms with Crippen molar-refractivity contribution in [2.45, 2.75) is 32.4 Å². The number of benzene rings is 2. The molecule has 1 aliphatic carbocycles. The summed E-state index contributed by atoms with van der Waals surface area (Å²) in [4.78, 5) is 12.3. The molecule has 33 heavy (non-hydrogen) atoms. The quantitative estimate of drug-likeness (QED) is 0.466. The zero-order valence-electron chi connectivity index (χ0n) is 18.1. The van der Waals surface area contributed by atoms with Gasteiger partial charge in [-0.1, -0.05) is 11.6 Å². The van der Waals surface area contributed by atoms with Crippen molar-refractivity contribution in [3.05, 3.63) is 62.7 Å². The molecule has 0 bridgehead atoms. The lowest BCUT2D eigenvalue weighted by Gasteiger charge is -2.15. The Hall–Kier alpha value is -3.67. The molecular weight excluding hydrogens is 440 g/mol. The number of aromatic nitrogens is 4. The van der Waals surface area contributed by atoms with Crippen LogP contribution in [-0.4, -0.2) is 26.1 Å². The van der Waals surface area contributed by atoms with Crippen molar-refractivity contribution in [2.75, 3.05) is 0 Å². The van der Waals surface area contributed by atoms with Crippen molar-refractivity contribution in [3.63, 3.8) is 0 Å². The Morgan fingerprint density at radius 2 is 2.09 bits per heavy atom. The highest BCUT2D eigenvalue weighted by molar-refractivity contribution is 6.36. The van der Waals surface area contributed by atoms with E-state index >= 15 is 0 Å². The number of nitrogens with two attached hydrogens (primary N) is 1. The third kappa shape index (κ3) is 3.65. The van der Waals surface area contributed by atoms with Crippen LogP contribution in [0.5, 0.6) is 5.75 Å². The van der Waals surface area contributed by atoms with E-state index in [1.165, 1.54) is 0 Å². The highest BCUT2D eigenvalue weighted by Gasteiger charge is 2.27. The molecule has 4 aromatic rings. The molecule has 166 valence electrons. The molecule has 0 amide bonds. The number of ether oxygens (including phenoxy) is 1. The first-order valence-corrected chi connectivity index (χ1v) is 10.9. The van der Waals surface area contributed by atoms with E-state index in [0.717, 1.165) is 40.8 Å². The fraction of sp³-hybridized carbons (Fsp3) is 0.250. The van der Waals surface area contributed by atoms with Crippen LogP contribution in [0.25, 0.3) is 33.2 Å². The van der Waals surface area contributed by atoms with Gasteiger partial charge in [-0.25, -0.2) is 5.10 Å².